The Bertz CT molecular complexity index is 120. The standard InChI is InChI=1S/C11H23N/c1-4-12-8-11-6-5-10(11)7-9(2)3/h9-12H,4-8H2,1-3H3. The third-order valence-corrected chi connectivity index (χ3v) is 3.01. The molecule has 1 rings (SSSR count). The van der Waals surface area contributed by atoms with E-state index in [1.165, 1.54) is 25.8 Å². The van der Waals surface area contributed by atoms with E-state index in [2.05, 4.69) is 26.1 Å². The van der Waals surface area contributed by atoms with Crippen LogP contribution in [0.25, 0.3) is 0 Å². The summed E-state index contributed by atoms with van der Waals surface area (Å²) < 4.78 is 0. The molecule has 1 nitrogen and oxygen atoms in total. The minimum atomic E-state index is 0.888. The first-order chi connectivity index (χ1) is 5.74. The van der Waals surface area contributed by atoms with E-state index in [1.807, 2.05) is 0 Å². The van der Waals surface area contributed by atoms with Gasteiger partial charge in [0.15, 0.2) is 0 Å². The van der Waals surface area contributed by atoms with Crippen molar-refractivity contribution in [3.8, 4) is 0 Å². The van der Waals surface area contributed by atoms with Crippen LogP contribution in [0.5, 0.6) is 0 Å². The molecule has 0 bridgehead atoms. The minimum absolute atomic E-state index is 0.888. The molecule has 2 atom stereocenters. The summed E-state index contributed by atoms with van der Waals surface area (Å²) in [5, 5.41) is 3.45. The average Bonchev–Trinajstić information content (AvgIpc) is 1.99. The van der Waals surface area contributed by atoms with Gasteiger partial charge in [-0.2, -0.15) is 0 Å². The topological polar surface area (TPSA) is 12.0 Å². The number of rotatable bonds is 5. The molecule has 0 spiro atoms. The summed E-state index contributed by atoms with van der Waals surface area (Å²) in [5.41, 5.74) is 0. The summed E-state index contributed by atoms with van der Waals surface area (Å²) in [6, 6.07) is 0. The van der Waals surface area contributed by atoms with E-state index < -0.39 is 0 Å². The van der Waals surface area contributed by atoms with Crippen LogP contribution in [0.2, 0.25) is 0 Å². The summed E-state index contributed by atoms with van der Waals surface area (Å²) >= 11 is 0. The highest BCUT2D eigenvalue weighted by Crippen LogP contribution is 2.38. The van der Waals surface area contributed by atoms with E-state index in [1.54, 1.807) is 0 Å². The lowest BCUT2D eigenvalue weighted by atomic mass is 9.70. The maximum absolute atomic E-state index is 3.45. The van der Waals surface area contributed by atoms with Crippen molar-refractivity contribution in [1.29, 1.82) is 0 Å². The fourth-order valence-corrected chi connectivity index (χ4v) is 2.15. The van der Waals surface area contributed by atoms with Crippen molar-refractivity contribution in [2.24, 2.45) is 17.8 Å². The fourth-order valence-electron chi connectivity index (χ4n) is 2.15. The van der Waals surface area contributed by atoms with Crippen molar-refractivity contribution < 1.29 is 0 Å². The van der Waals surface area contributed by atoms with Crippen LogP contribution in [-0.2, 0) is 0 Å². The van der Waals surface area contributed by atoms with Crippen LogP contribution in [0.3, 0.4) is 0 Å². The molecular weight excluding hydrogens is 146 g/mol. The number of nitrogens with one attached hydrogen (secondary N) is 1. The largest absolute Gasteiger partial charge is 0.317 e. The molecular formula is C11H23N. The molecule has 2 unspecified atom stereocenters. The van der Waals surface area contributed by atoms with Crippen LogP contribution < -0.4 is 5.32 Å². The molecule has 1 fully saturated rings. The van der Waals surface area contributed by atoms with Gasteiger partial charge < -0.3 is 5.32 Å². The van der Waals surface area contributed by atoms with Gasteiger partial charge >= 0.3 is 0 Å². The third-order valence-electron chi connectivity index (χ3n) is 3.01. The molecule has 1 aliphatic carbocycles. The molecule has 1 saturated carbocycles. The van der Waals surface area contributed by atoms with Gasteiger partial charge in [0.1, 0.15) is 0 Å². The second-order valence-electron chi connectivity index (χ2n) is 4.53. The van der Waals surface area contributed by atoms with Gasteiger partial charge in [0, 0.05) is 0 Å². The zero-order chi connectivity index (χ0) is 8.97. The fraction of sp³-hybridized carbons (Fsp3) is 1.00. The van der Waals surface area contributed by atoms with Gasteiger partial charge in [-0.3, -0.25) is 0 Å². The van der Waals surface area contributed by atoms with Crippen molar-refractivity contribution in [3.05, 3.63) is 0 Å². The zero-order valence-corrected chi connectivity index (χ0v) is 8.77. The van der Waals surface area contributed by atoms with E-state index in [0.717, 1.165) is 24.3 Å². The lowest BCUT2D eigenvalue weighted by molar-refractivity contribution is 0.145. The number of hydrogen-bond donors (Lipinski definition) is 1. The molecule has 1 heteroatoms. The molecule has 0 radical (unpaired) electrons. The third kappa shape index (κ3) is 2.78. The Hall–Kier alpha value is -0.0400. The molecule has 1 N–H and O–H groups in total. The van der Waals surface area contributed by atoms with Crippen LogP contribution in [0.1, 0.15) is 40.0 Å². The molecule has 0 amide bonds. The molecule has 12 heavy (non-hydrogen) atoms. The summed E-state index contributed by atoms with van der Waals surface area (Å²) in [5.74, 6) is 2.91. The summed E-state index contributed by atoms with van der Waals surface area (Å²) in [4.78, 5) is 0. The molecule has 0 aromatic carbocycles. The average molecular weight is 169 g/mol. The predicted octanol–water partition coefficient (Wildman–Crippen LogP) is 2.67. The first-order valence-electron chi connectivity index (χ1n) is 5.44. The van der Waals surface area contributed by atoms with E-state index in [4.69, 9.17) is 0 Å². The van der Waals surface area contributed by atoms with Crippen LogP contribution in [0.15, 0.2) is 0 Å². The van der Waals surface area contributed by atoms with E-state index in [-0.39, 0.29) is 0 Å². The molecule has 0 saturated heterocycles. The Kier molecular flexibility index (Phi) is 4.07. The Morgan fingerprint density at radius 2 is 1.92 bits per heavy atom. The molecule has 0 heterocycles. The Balaban J connectivity index is 2.11. The van der Waals surface area contributed by atoms with Gasteiger partial charge in [-0.1, -0.05) is 20.8 Å². The van der Waals surface area contributed by atoms with Gasteiger partial charge in [-0.25, -0.2) is 0 Å². The predicted molar refractivity (Wildman–Crippen MR) is 54.2 cm³/mol. The molecule has 0 aromatic heterocycles. The second kappa shape index (κ2) is 4.86. The van der Waals surface area contributed by atoms with Crippen molar-refractivity contribution >= 4 is 0 Å². The molecule has 0 aromatic rings. The number of hydrogen-bond acceptors (Lipinski definition) is 1. The molecule has 0 aliphatic heterocycles. The van der Waals surface area contributed by atoms with Crippen LogP contribution in [0, 0.1) is 17.8 Å². The lowest BCUT2D eigenvalue weighted by Gasteiger charge is -2.38. The van der Waals surface area contributed by atoms with Gasteiger partial charge in [-0.15, -0.1) is 0 Å². The second-order valence-corrected chi connectivity index (χ2v) is 4.53. The minimum Gasteiger partial charge on any atom is -0.317 e. The van der Waals surface area contributed by atoms with E-state index >= 15 is 0 Å². The van der Waals surface area contributed by atoms with E-state index in [9.17, 15) is 0 Å². The van der Waals surface area contributed by atoms with Crippen LogP contribution >= 0.6 is 0 Å². The Labute approximate surface area is 76.9 Å². The first kappa shape index (κ1) is 10.0. The van der Waals surface area contributed by atoms with Crippen LogP contribution in [-0.4, -0.2) is 13.1 Å². The Morgan fingerprint density at radius 3 is 2.33 bits per heavy atom. The highest BCUT2D eigenvalue weighted by molar-refractivity contribution is 4.82. The smallest absolute Gasteiger partial charge is 0.00180 e. The summed E-state index contributed by atoms with van der Waals surface area (Å²) in [6.07, 6.45) is 4.38. The van der Waals surface area contributed by atoms with E-state index in [0.29, 0.717) is 0 Å². The van der Waals surface area contributed by atoms with Crippen molar-refractivity contribution in [3.63, 3.8) is 0 Å². The monoisotopic (exact) mass is 169 g/mol. The summed E-state index contributed by atoms with van der Waals surface area (Å²) in [6.45, 7) is 9.25. The van der Waals surface area contributed by atoms with Crippen molar-refractivity contribution in [1.82, 2.24) is 5.32 Å². The van der Waals surface area contributed by atoms with Gasteiger partial charge in [-0.05, 0) is 50.1 Å². The molecule has 72 valence electrons. The lowest BCUT2D eigenvalue weighted by Crippen LogP contribution is -2.35. The highest BCUT2D eigenvalue weighted by Gasteiger charge is 2.30. The van der Waals surface area contributed by atoms with Gasteiger partial charge in [0.2, 0.25) is 0 Å². The maximum atomic E-state index is 3.45. The zero-order valence-electron chi connectivity index (χ0n) is 8.77. The van der Waals surface area contributed by atoms with Gasteiger partial charge in [0.25, 0.3) is 0 Å². The van der Waals surface area contributed by atoms with Crippen molar-refractivity contribution in [2.75, 3.05) is 13.1 Å². The first-order valence-corrected chi connectivity index (χ1v) is 5.44. The molecule has 1 aliphatic rings. The Morgan fingerprint density at radius 1 is 1.25 bits per heavy atom. The van der Waals surface area contributed by atoms with Crippen LogP contribution in [0.4, 0.5) is 0 Å². The SMILES string of the molecule is CCNCC1CCC1CC(C)C. The van der Waals surface area contributed by atoms with Gasteiger partial charge in [0.05, 0.1) is 0 Å². The highest BCUT2D eigenvalue weighted by atomic mass is 14.9. The van der Waals surface area contributed by atoms with Crippen molar-refractivity contribution in [2.45, 2.75) is 40.0 Å². The quantitative estimate of drug-likeness (QED) is 0.667. The summed E-state index contributed by atoms with van der Waals surface area (Å²) in [7, 11) is 0. The normalized spacial score (nSPS) is 29.0. The maximum Gasteiger partial charge on any atom is -0.00180 e.